The number of nitrogens with one attached hydrogen (secondary N) is 2. The molecule has 0 aromatic heterocycles. The van der Waals surface area contributed by atoms with Crippen LogP contribution in [0.4, 0.5) is 14.9 Å². The number of halogens is 1. The van der Waals surface area contributed by atoms with E-state index in [2.05, 4.69) is 10.6 Å². The third-order valence-corrected chi connectivity index (χ3v) is 5.16. The molecule has 0 saturated heterocycles. The number of hydrogen-bond donors (Lipinski definition) is 3. The fraction of sp³-hybridized carbons (Fsp3) is 0.611. The van der Waals surface area contributed by atoms with Crippen LogP contribution in [0.15, 0.2) is 18.2 Å². The lowest BCUT2D eigenvalue weighted by atomic mass is 9.85. The quantitative estimate of drug-likeness (QED) is 0.773. The number of aliphatic hydroxyl groups is 1. The standard InChI is InChI=1S/C18H25FN2O3/c1-10(2)24-13-5-6-16(15(19)8-13)20-18(23)21-17-12-4-3-11(7-12)14(17)9-22/h5-6,8,10-12,14,17,22H,3-4,7,9H2,1-2H3,(H2,20,21,23). The lowest BCUT2D eigenvalue weighted by molar-refractivity contribution is 0.146. The van der Waals surface area contributed by atoms with Crippen LogP contribution in [0, 0.1) is 23.6 Å². The molecule has 2 aliphatic carbocycles. The van der Waals surface area contributed by atoms with Gasteiger partial charge in [-0.25, -0.2) is 9.18 Å². The monoisotopic (exact) mass is 336 g/mol. The van der Waals surface area contributed by atoms with Crippen molar-refractivity contribution >= 4 is 11.7 Å². The second kappa shape index (κ2) is 6.97. The second-order valence-electron chi connectivity index (χ2n) is 7.11. The molecule has 4 unspecified atom stereocenters. The maximum Gasteiger partial charge on any atom is 0.319 e. The van der Waals surface area contributed by atoms with Crippen molar-refractivity contribution < 1.29 is 19.0 Å². The first-order valence-corrected chi connectivity index (χ1v) is 8.62. The molecule has 2 aliphatic rings. The highest BCUT2D eigenvalue weighted by atomic mass is 19.1. The molecule has 0 radical (unpaired) electrons. The number of carbonyl (C=O) groups is 1. The molecule has 2 fully saturated rings. The highest BCUT2D eigenvalue weighted by Crippen LogP contribution is 2.48. The number of anilines is 1. The van der Waals surface area contributed by atoms with Crippen molar-refractivity contribution in [2.24, 2.45) is 17.8 Å². The minimum absolute atomic E-state index is 0.0274. The molecule has 5 nitrogen and oxygen atoms in total. The number of urea groups is 1. The molecule has 6 heteroatoms. The average molecular weight is 336 g/mol. The fourth-order valence-electron chi connectivity index (χ4n) is 4.15. The van der Waals surface area contributed by atoms with E-state index in [1.807, 2.05) is 13.8 Å². The SMILES string of the molecule is CC(C)Oc1ccc(NC(=O)NC2C3CCC(C3)C2CO)c(F)c1. The summed E-state index contributed by atoms with van der Waals surface area (Å²) in [6, 6.07) is 3.94. The lowest BCUT2D eigenvalue weighted by Gasteiger charge is -2.30. The minimum atomic E-state index is -0.532. The number of benzene rings is 1. The number of carbonyl (C=O) groups excluding carboxylic acids is 1. The maximum absolute atomic E-state index is 14.1. The molecule has 1 aromatic carbocycles. The zero-order valence-electron chi connectivity index (χ0n) is 14.1. The van der Waals surface area contributed by atoms with Crippen LogP contribution in [-0.2, 0) is 0 Å². The number of aliphatic hydroxyl groups excluding tert-OH is 1. The summed E-state index contributed by atoms with van der Waals surface area (Å²) in [6.45, 7) is 3.82. The third-order valence-electron chi connectivity index (χ3n) is 5.16. The van der Waals surface area contributed by atoms with Crippen LogP contribution in [0.3, 0.4) is 0 Å². The Morgan fingerprint density at radius 3 is 2.79 bits per heavy atom. The van der Waals surface area contributed by atoms with Crippen molar-refractivity contribution in [1.29, 1.82) is 0 Å². The largest absolute Gasteiger partial charge is 0.491 e. The third kappa shape index (κ3) is 3.48. The Hall–Kier alpha value is -1.82. The van der Waals surface area contributed by atoms with Crippen LogP contribution in [0.2, 0.25) is 0 Å². The summed E-state index contributed by atoms with van der Waals surface area (Å²) in [5.41, 5.74) is 0.118. The lowest BCUT2D eigenvalue weighted by Crippen LogP contribution is -2.46. The van der Waals surface area contributed by atoms with Crippen molar-refractivity contribution in [3.05, 3.63) is 24.0 Å². The smallest absolute Gasteiger partial charge is 0.319 e. The molecule has 4 atom stereocenters. The van der Waals surface area contributed by atoms with E-state index in [1.165, 1.54) is 12.1 Å². The van der Waals surface area contributed by atoms with Gasteiger partial charge in [-0.2, -0.15) is 0 Å². The highest BCUT2D eigenvalue weighted by Gasteiger charge is 2.47. The Labute approximate surface area is 141 Å². The summed E-state index contributed by atoms with van der Waals surface area (Å²) in [5.74, 6) is 0.928. The number of ether oxygens (including phenoxy) is 1. The molecule has 2 bridgehead atoms. The number of rotatable bonds is 5. The summed E-state index contributed by atoms with van der Waals surface area (Å²) in [4.78, 5) is 12.2. The summed E-state index contributed by atoms with van der Waals surface area (Å²) in [5, 5.41) is 15.0. The van der Waals surface area contributed by atoms with Crippen molar-refractivity contribution in [2.75, 3.05) is 11.9 Å². The number of amides is 2. The molecule has 3 rings (SSSR count). The summed E-state index contributed by atoms with van der Waals surface area (Å²) in [6.07, 6.45) is 3.23. The molecule has 0 spiro atoms. The van der Waals surface area contributed by atoms with Gasteiger partial charge in [-0.15, -0.1) is 0 Å². The molecule has 0 aliphatic heterocycles. The van der Waals surface area contributed by atoms with E-state index in [0.29, 0.717) is 17.6 Å². The Balaban J connectivity index is 1.61. The van der Waals surface area contributed by atoms with Gasteiger partial charge < -0.3 is 20.5 Å². The topological polar surface area (TPSA) is 70.6 Å². The van der Waals surface area contributed by atoms with Gasteiger partial charge >= 0.3 is 6.03 Å². The molecule has 0 heterocycles. The normalized spacial score (nSPS) is 28.2. The van der Waals surface area contributed by atoms with Crippen LogP contribution in [-0.4, -0.2) is 29.9 Å². The van der Waals surface area contributed by atoms with E-state index >= 15 is 0 Å². The molecule has 2 saturated carbocycles. The Morgan fingerprint density at radius 2 is 2.12 bits per heavy atom. The zero-order valence-corrected chi connectivity index (χ0v) is 14.1. The second-order valence-corrected chi connectivity index (χ2v) is 7.11. The maximum atomic E-state index is 14.1. The van der Waals surface area contributed by atoms with Crippen LogP contribution in [0.5, 0.6) is 5.75 Å². The van der Waals surface area contributed by atoms with Crippen molar-refractivity contribution in [2.45, 2.75) is 45.3 Å². The summed E-state index contributed by atoms with van der Waals surface area (Å²) < 4.78 is 19.5. The van der Waals surface area contributed by atoms with Crippen molar-refractivity contribution in [3.63, 3.8) is 0 Å². The molecular weight excluding hydrogens is 311 g/mol. The van der Waals surface area contributed by atoms with E-state index in [1.54, 1.807) is 6.07 Å². The molecule has 24 heavy (non-hydrogen) atoms. The van der Waals surface area contributed by atoms with Gasteiger partial charge in [0.25, 0.3) is 0 Å². The summed E-state index contributed by atoms with van der Waals surface area (Å²) in [7, 11) is 0. The molecule has 132 valence electrons. The molecule has 1 aromatic rings. The predicted octanol–water partition coefficient (Wildman–Crippen LogP) is 3.14. The molecular formula is C18H25FN2O3. The first-order chi connectivity index (χ1) is 11.5. The zero-order chi connectivity index (χ0) is 17.3. The first kappa shape index (κ1) is 17.0. The van der Waals surface area contributed by atoms with E-state index < -0.39 is 11.8 Å². The van der Waals surface area contributed by atoms with E-state index in [9.17, 15) is 14.3 Å². The van der Waals surface area contributed by atoms with Gasteiger partial charge in [-0.1, -0.05) is 0 Å². The van der Waals surface area contributed by atoms with Gasteiger partial charge in [0.05, 0.1) is 11.8 Å². The molecule has 3 N–H and O–H groups in total. The Kier molecular flexibility index (Phi) is 4.94. The fourth-order valence-corrected chi connectivity index (χ4v) is 4.15. The van der Waals surface area contributed by atoms with Crippen LogP contribution in [0.1, 0.15) is 33.1 Å². The Bertz CT molecular complexity index is 608. The van der Waals surface area contributed by atoms with Gasteiger partial charge in [0.15, 0.2) is 0 Å². The average Bonchev–Trinajstić information content (AvgIpc) is 3.10. The van der Waals surface area contributed by atoms with E-state index in [-0.39, 0.29) is 30.4 Å². The Morgan fingerprint density at radius 1 is 1.38 bits per heavy atom. The summed E-state index contributed by atoms with van der Waals surface area (Å²) >= 11 is 0. The highest BCUT2D eigenvalue weighted by molar-refractivity contribution is 5.89. The van der Waals surface area contributed by atoms with Gasteiger partial charge in [0, 0.05) is 24.6 Å². The predicted molar refractivity (Wildman–Crippen MR) is 89.5 cm³/mol. The van der Waals surface area contributed by atoms with Crippen molar-refractivity contribution in [1.82, 2.24) is 5.32 Å². The van der Waals surface area contributed by atoms with Gasteiger partial charge in [0.2, 0.25) is 0 Å². The van der Waals surface area contributed by atoms with Crippen LogP contribution >= 0.6 is 0 Å². The molecule has 2 amide bonds. The minimum Gasteiger partial charge on any atom is -0.491 e. The number of hydrogen-bond acceptors (Lipinski definition) is 3. The van der Waals surface area contributed by atoms with Gasteiger partial charge in [-0.3, -0.25) is 0 Å². The number of fused-ring (bicyclic) bond motifs is 2. The van der Waals surface area contributed by atoms with E-state index in [4.69, 9.17) is 4.74 Å². The van der Waals surface area contributed by atoms with E-state index in [0.717, 1.165) is 19.3 Å². The first-order valence-electron chi connectivity index (χ1n) is 8.62. The van der Waals surface area contributed by atoms with Crippen LogP contribution in [0.25, 0.3) is 0 Å². The van der Waals surface area contributed by atoms with Gasteiger partial charge in [0.1, 0.15) is 11.6 Å². The van der Waals surface area contributed by atoms with Crippen LogP contribution < -0.4 is 15.4 Å². The van der Waals surface area contributed by atoms with Gasteiger partial charge in [-0.05, 0) is 57.1 Å². The van der Waals surface area contributed by atoms with Crippen molar-refractivity contribution in [3.8, 4) is 5.75 Å².